The summed E-state index contributed by atoms with van der Waals surface area (Å²) in [6.45, 7) is 0. The van der Waals surface area contributed by atoms with Crippen molar-refractivity contribution in [2.75, 3.05) is 5.32 Å². The van der Waals surface area contributed by atoms with E-state index in [-0.39, 0.29) is 22.3 Å². The van der Waals surface area contributed by atoms with Crippen LogP contribution in [0.1, 0.15) is 17.9 Å². The predicted octanol–water partition coefficient (Wildman–Crippen LogP) is 4.25. The predicted molar refractivity (Wildman–Crippen MR) is 111 cm³/mol. The number of anilines is 1. The van der Waals surface area contributed by atoms with Crippen molar-refractivity contribution in [3.05, 3.63) is 68.3 Å². The van der Waals surface area contributed by atoms with Gasteiger partial charge >= 0.3 is 5.97 Å². The first kappa shape index (κ1) is 20.4. The first-order valence-electron chi connectivity index (χ1n) is 9.10. The van der Waals surface area contributed by atoms with E-state index < -0.39 is 39.1 Å². The van der Waals surface area contributed by atoms with Gasteiger partial charge in [-0.3, -0.25) is 20.2 Å². The molecule has 0 unspecified atom stereocenters. The van der Waals surface area contributed by atoms with E-state index in [1.165, 1.54) is 23.9 Å². The number of hydrogen-bond donors (Lipinski definition) is 2. The highest BCUT2D eigenvalue weighted by Gasteiger charge is 2.53. The second kappa shape index (κ2) is 7.77. The summed E-state index contributed by atoms with van der Waals surface area (Å²) in [6.07, 6.45) is 0.404. The summed E-state index contributed by atoms with van der Waals surface area (Å²) < 4.78 is 0. The number of carboxylic acids is 1. The van der Waals surface area contributed by atoms with E-state index in [0.29, 0.717) is 16.9 Å². The maximum absolute atomic E-state index is 11.9. The van der Waals surface area contributed by atoms with Crippen LogP contribution in [0.25, 0.3) is 0 Å². The molecule has 5 atom stereocenters. The SMILES string of the molecule is O=C(O)[C@H]1Nc2c(cccc2[N+](=O)[O-])[C@@H]2[C@H](Cl)[C@@H](Sc3ccccc3[N+](=O)[O-])C[C@H]21. The van der Waals surface area contributed by atoms with Crippen molar-refractivity contribution in [1.82, 2.24) is 0 Å². The third kappa shape index (κ3) is 3.35. The number of aliphatic carboxylic acids is 1. The molecule has 0 radical (unpaired) electrons. The number of hydrogen-bond acceptors (Lipinski definition) is 7. The quantitative estimate of drug-likeness (QED) is 0.392. The third-order valence-electron chi connectivity index (χ3n) is 5.63. The van der Waals surface area contributed by atoms with E-state index in [9.17, 15) is 30.1 Å². The molecule has 2 N–H and O–H groups in total. The van der Waals surface area contributed by atoms with Crippen LogP contribution >= 0.6 is 23.4 Å². The van der Waals surface area contributed by atoms with Crippen LogP contribution in [0, 0.1) is 26.1 Å². The van der Waals surface area contributed by atoms with Gasteiger partial charge in [-0.25, -0.2) is 4.79 Å². The molecule has 0 amide bonds. The van der Waals surface area contributed by atoms with Crippen LogP contribution in [-0.2, 0) is 4.79 Å². The van der Waals surface area contributed by atoms with Gasteiger partial charge in [0, 0.05) is 23.3 Å². The summed E-state index contributed by atoms with van der Waals surface area (Å²) in [4.78, 5) is 34.2. The van der Waals surface area contributed by atoms with Gasteiger partial charge in [0.25, 0.3) is 11.4 Å². The smallest absolute Gasteiger partial charge is 0.326 e. The number of nitrogens with one attached hydrogen (secondary N) is 1. The number of alkyl halides is 1. The van der Waals surface area contributed by atoms with Crippen LogP contribution in [0.3, 0.4) is 0 Å². The number of nitrogens with zero attached hydrogens (tertiary/aromatic N) is 2. The summed E-state index contributed by atoms with van der Waals surface area (Å²) in [5.41, 5.74) is 0.552. The molecule has 1 heterocycles. The molecule has 1 aliphatic heterocycles. The summed E-state index contributed by atoms with van der Waals surface area (Å²) in [7, 11) is 0. The minimum absolute atomic E-state index is 0.0369. The summed E-state index contributed by atoms with van der Waals surface area (Å²) >= 11 is 8.03. The van der Waals surface area contributed by atoms with Gasteiger partial charge in [0.15, 0.2) is 0 Å². The van der Waals surface area contributed by atoms with E-state index in [1.54, 1.807) is 30.3 Å². The number of carboxylic acid groups (broad SMARTS) is 1. The second-order valence-electron chi connectivity index (χ2n) is 7.21. The molecule has 30 heavy (non-hydrogen) atoms. The van der Waals surface area contributed by atoms with E-state index in [2.05, 4.69) is 5.32 Å². The molecule has 2 aliphatic rings. The Hall–Kier alpha value is -2.85. The Balaban J connectivity index is 1.73. The fourth-order valence-electron chi connectivity index (χ4n) is 4.39. The molecule has 0 aromatic heterocycles. The normalized spacial score (nSPS) is 26.9. The number of carbonyl (C=O) groups is 1. The number of benzene rings is 2. The molecule has 0 spiro atoms. The van der Waals surface area contributed by atoms with Crippen molar-refractivity contribution >= 4 is 46.4 Å². The van der Waals surface area contributed by atoms with E-state index >= 15 is 0 Å². The lowest BCUT2D eigenvalue weighted by molar-refractivity contribution is -0.387. The number of fused-ring (bicyclic) bond motifs is 3. The Morgan fingerprint density at radius 3 is 2.43 bits per heavy atom. The number of para-hydroxylation sites is 2. The average Bonchev–Trinajstić information content (AvgIpc) is 3.03. The van der Waals surface area contributed by atoms with Gasteiger partial charge in [-0.1, -0.05) is 24.3 Å². The van der Waals surface area contributed by atoms with Gasteiger partial charge in [0.2, 0.25) is 0 Å². The van der Waals surface area contributed by atoms with E-state index in [1.807, 2.05) is 0 Å². The lowest BCUT2D eigenvalue weighted by Gasteiger charge is -2.35. The number of rotatable bonds is 5. The summed E-state index contributed by atoms with van der Waals surface area (Å²) in [5, 5.41) is 34.5. The van der Waals surface area contributed by atoms with Crippen molar-refractivity contribution in [2.24, 2.45) is 5.92 Å². The standard InChI is InChI=1S/C19H16ClN3O6S/c20-16-14(30-13-7-2-1-5-11(13)22(26)27)8-10-15(16)9-4-3-6-12(23(28)29)17(9)21-18(10)19(24)25/h1-7,10,14-16,18,21H,8H2,(H,24,25)/t10-,14+,15+,16-,18+/m1/s1. The van der Waals surface area contributed by atoms with Crippen molar-refractivity contribution in [2.45, 2.75) is 33.9 Å². The van der Waals surface area contributed by atoms with Gasteiger partial charge in [0.05, 0.1) is 20.1 Å². The molecule has 1 saturated carbocycles. The first-order chi connectivity index (χ1) is 14.3. The molecule has 0 bridgehead atoms. The Bertz CT molecular complexity index is 1050. The number of thioether (sulfide) groups is 1. The fraction of sp³-hybridized carbons (Fsp3) is 0.316. The van der Waals surface area contributed by atoms with Crippen molar-refractivity contribution in [3.8, 4) is 0 Å². The van der Waals surface area contributed by atoms with Crippen LogP contribution in [0.15, 0.2) is 47.4 Å². The maximum Gasteiger partial charge on any atom is 0.326 e. The average molecular weight is 450 g/mol. The van der Waals surface area contributed by atoms with Gasteiger partial charge in [-0.15, -0.1) is 23.4 Å². The number of halogens is 1. The highest BCUT2D eigenvalue weighted by Crippen LogP contribution is 2.56. The second-order valence-corrected chi connectivity index (χ2v) is 8.99. The minimum Gasteiger partial charge on any atom is -0.480 e. The zero-order chi connectivity index (χ0) is 21.6. The molecule has 156 valence electrons. The van der Waals surface area contributed by atoms with Gasteiger partial charge < -0.3 is 10.4 Å². The first-order valence-corrected chi connectivity index (χ1v) is 10.4. The van der Waals surface area contributed by atoms with Crippen LogP contribution in [0.4, 0.5) is 17.1 Å². The lowest BCUT2D eigenvalue weighted by Crippen LogP contribution is -2.42. The summed E-state index contributed by atoms with van der Waals surface area (Å²) in [6, 6.07) is 9.88. The van der Waals surface area contributed by atoms with Crippen LogP contribution in [0.5, 0.6) is 0 Å². The van der Waals surface area contributed by atoms with Crippen LogP contribution in [0.2, 0.25) is 0 Å². The third-order valence-corrected chi connectivity index (χ3v) is 7.74. The van der Waals surface area contributed by atoms with Crippen molar-refractivity contribution < 1.29 is 19.7 Å². The Kier molecular flexibility index (Phi) is 5.29. The number of nitro groups is 2. The van der Waals surface area contributed by atoms with Crippen molar-refractivity contribution in [1.29, 1.82) is 0 Å². The highest BCUT2D eigenvalue weighted by molar-refractivity contribution is 8.00. The maximum atomic E-state index is 11.9. The van der Waals surface area contributed by atoms with Gasteiger partial charge in [-0.2, -0.15) is 0 Å². The molecular weight excluding hydrogens is 434 g/mol. The lowest BCUT2D eigenvalue weighted by atomic mass is 9.79. The molecule has 11 heteroatoms. The van der Waals surface area contributed by atoms with E-state index in [0.717, 1.165) is 0 Å². The largest absolute Gasteiger partial charge is 0.480 e. The molecule has 2 aromatic rings. The Morgan fingerprint density at radius 1 is 1.10 bits per heavy atom. The molecule has 1 aliphatic carbocycles. The van der Waals surface area contributed by atoms with Crippen LogP contribution in [-0.4, -0.2) is 37.6 Å². The zero-order valence-electron chi connectivity index (χ0n) is 15.3. The monoisotopic (exact) mass is 449 g/mol. The molecule has 0 saturated heterocycles. The molecule has 4 rings (SSSR count). The topological polar surface area (TPSA) is 136 Å². The number of nitro benzene ring substituents is 2. The Morgan fingerprint density at radius 2 is 1.77 bits per heavy atom. The van der Waals surface area contributed by atoms with Crippen LogP contribution < -0.4 is 5.32 Å². The van der Waals surface area contributed by atoms with Gasteiger partial charge in [-0.05, 0) is 24.0 Å². The molecule has 2 aromatic carbocycles. The fourth-order valence-corrected chi connectivity index (χ4v) is 6.34. The highest BCUT2D eigenvalue weighted by atomic mass is 35.5. The zero-order valence-corrected chi connectivity index (χ0v) is 16.9. The Labute approximate surface area is 179 Å². The van der Waals surface area contributed by atoms with E-state index in [4.69, 9.17) is 11.6 Å². The van der Waals surface area contributed by atoms with Gasteiger partial charge in [0.1, 0.15) is 11.7 Å². The minimum atomic E-state index is -1.12. The molecule has 1 fully saturated rings. The molecular formula is C19H16ClN3O6S. The molecule has 9 nitrogen and oxygen atoms in total. The van der Waals surface area contributed by atoms with Crippen molar-refractivity contribution in [3.63, 3.8) is 0 Å². The summed E-state index contributed by atoms with van der Waals surface area (Å²) in [5.74, 6) is -1.95.